The van der Waals surface area contributed by atoms with E-state index in [1.165, 1.54) is 0 Å². The molecule has 0 amide bonds. The van der Waals surface area contributed by atoms with E-state index in [1.54, 1.807) is 14.2 Å². The fourth-order valence-corrected chi connectivity index (χ4v) is 0.326. The van der Waals surface area contributed by atoms with Gasteiger partial charge in [-0.3, -0.25) is 0 Å². The van der Waals surface area contributed by atoms with Crippen molar-refractivity contribution in [1.29, 1.82) is 0 Å². The van der Waals surface area contributed by atoms with Crippen LogP contribution in [0.25, 0.3) is 0 Å². The van der Waals surface area contributed by atoms with E-state index in [-0.39, 0.29) is 0 Å². The zero-order valence-electron chi connectivity index (χ0n) is 7.89. The third-order valence-electron chi connectivity index (χ3n) is 1.05. The van der Waals surface area contributed by atoms with Crippen LogP contribution in [0.4, 0.5) is 39.5 Å². The zero-order valence-corrected chi connectivity index (χ0v) is 7.89. The van der Waals surface area contributed by atoms with Gasteiger partial charge in [-0.1, -0.05) is 0 Å². The third kappa shape index (κ3) is 3.72. The largest absolute Gasteiger partial charge is 0.460 e. The Balaban J connectivity index is 0. The summed E-state index contributed by atoms with van der Waals surface area (Å²) in [5, 5.41) is 0. The van der Waals surface area contributed by atoms with E-state index in [0.29, 0.717) is 0 Å². The molecule has 10 heteroatoms. The van der Waals surface area contributed by atoms with Crippen LogP contribution >= 0.6 is 0 Å². The highest BCUT2D eigenvalue weighted by atomic mass is 19.4. The lowest BCUT2D eigenvalue weighted by molar-refractivity contribution is -0.375. The van der Waals surface area contributed by atoms with Gasteiger partial charge in [0.2, 0.25) is 0 Å². The highest BCUT2D eigenvalue weighted by molar-refractivity contribution is 4.92. The van der Waals surface area contributed by atoms with Crippen LogP contribution in [0.2, 0.25) is 0 Å². The van der Waals surface area contributed by atoms with Crippen molar-refractivity contribution < 1.29 is 44.3 Å². The molecule has 1 nitrogen and oxygen atoms in total. The first-order chi connectivity index (χ1) is 6.86. The van der Waals surface area contributed by atoms with Gasteiger partial charge in [0, 0.05) is 14.2 Å². The molecular weight excluding hydrogens is 259 g/mol. The molecule has 0 aliphatic rings. The predicted molar refractivity (Wildman–Crippen MR) is 34.9 cm³/mol. The quantitative estimate of drug-likeness (QED) is 0.696. The normalized spacial score (nSPS) is 13.5. The maximum atomic E-state index is 11.6. The zero-order chi connectivity index (χ0) is 13.8. The van der Waals surface area contributed by atoms with E-state index >= 15 is 0 Å². The van der Waals surface area contributed by atoms with Gasteiger partial charge in [-0.2, -0.15) is 30.7 Å². The molecule has 0 N–H and O–H groups in total. The minimum Gasteiger partial charge on any atom is -0.388 e. The Morgan fingerprint density at radius 1 is 0.812 bits per heavy atom. The lowest BCUT2D eigenvalue weighted by atomic mass is 10.2. The van der Waals surface area contributed by atoms with Gasteiger partial charge in [0.05, 0.1) is 0 Å². The van der Waals surface area contributed by atoms with Crippen LogP contribution in [-0.4, -0.2) is 38.7 Å². The van der Waals surface area contributed by atoms with Gasteiger partial charge in [-0.05, 0) is 0 Å². The molecule has 0 aliphatic carbocycles. The summed E-state index contributed by atoms with van der Waals surface area (Å²) < 4.78 is 106. The molecule has 0 radical (unpaired) electrons. The molecule has 100 valence electrons. The van der Waals surface area contributed by atoms with Crippen LogP contribution in [0, 0.1) is 0 Å². The fraction of sp³-hybridized carbons (Fsp3) is 1.00. The summed E-state index contributed by atoms with van der Waals surface area (Å²) in [6, 6.07) is 0. The number of rotatable bonds is 2. The van der Waals surface area contributed by atoms with Crippen LogP contribution in [0.5, 0.6) is 0 Å². The van der Waals surface area contributed by atoms with Crippen LogP contribution in [0.15, 0.2) is 0 Å². The molecule has 0 aromatic heterocycles. The standard InChI is InChI=1S/C4HF9.C2H6O/c5-1(6)2(7,8)3(9,10)4(11,12)13;1-3-2/h1H;1-2H3. The highest BCUT2D eigenvalue weighted by Gasteiger charge is 2.76. The van der Waals surface area contributed by atoms with Crippen molar-refractivity contribution in [3.8, 4) is 0 Å². The third-order valence-corrected chi connectivity index (χ3v) is 1.05. The maximum absolute atomic E-state index is 11.6. The molecule has 0 aromatic carbocycles. The Morgan fingerprint density at radius 2 is 1.06 bits per heavy atom. The summed E-state index contributed by atoms with van der Waals surface area (Å²) in [5.74, 6) is -13.1. The molecule has 0 saturated carbocycles. The predicted octanol–water partition coefficient (Wildman–Crippen LogP) is 3.35. The molecule has 0 aromatic rings. The van der Waals surface area contributed by atoms with Crippen molar-refractivity contribution in [3.05, 3.63) is 0 Å². The maximum Gasteiger partial charge on any atom is 0.460 e. The Morgan fingerprint density at radius 3 is 1.12 bits per heavy atom. The van der Waals surface area contributed by atoms with E-state index in [4.69, 9.17) is 0 Å². The number of hydrogen-bond acceptors (Lipinski definition) is 1. The molecule has 0 saturated heterocycles. The average molecular weight is 266 g/mol. The van der Waals surface area contributed by atoms with Crippen molar-refractivity contribution in [3.63, 3.8) is 0 Å². The molecular formula is C6H7F9O. The van der Waals surface area contributed by atoms with E-state index in [1.807, 2.05) is 0 Å². The summed E-state index contributed by atoms with van der Waals surface area (Å²) in [4.78, 5) is 0. The topological polar surface area (TPSA) is 9.23 Å². The van der Waals surface area contributed by atoms with E-state index in [2.05, 4.69) is 4.74 Å². The average Bonchev–Trinajstić information content (AvgIpc) is 2.02. The summed E-state index contributed by atoms with van der Waals surface area (Å²) in [6.45, 7) is 0. The van der Waals surface area contributed by atoms with Gasteiger partial charge in [-0.15, -0.1) is 0 Å². The lowest BCUT2D eigenvalue weighted by Gasteiger charge is -2.27. The number of ether oxygens (including phenoxy) is 1. The van der Waals surface area contributed by atoms with Crippen LogP contribution in [-0.2, 0) is 4.74 Å². The number of methoxy groups -OCH3 is 1. The van der Waals surface area contributed by atoms with Crippen molar-refractivity contribution in [1.82, 2.24) is 0 Å². The molecule has 0 unspecified atom stereocenters. The molecule has 0 spiro atoms. The van der Waals surface area contributed by atoms with E-state index in [9.17, 15) is 39.5 Å². The number of halogens is 9. The van der Waals surface area contributed by atoms with Crippen molar-refractivity contribution in [2.24, 2.45) is 0 Å². The van der Waals surface area contributed by atoms with Crippen molar-refractivity contribution >= 4 is 0 Å². The lowest BCUT2D eigenvalue weighted by Crippen LogP contribution is -2.55. The van der Waals surface area contributed by atoms with Crippen LogP contribution in [0.3, 0.4) is 0 Å². The molecule has 0 rings (SSSR count). The minimum atomic E-state index is -6.73. The van der Waals surface area contributed by atoms with Gasteiger partial charge in [-0.25, -0.2) is 8.78 Å². The van der Waals surface area contributed by atoms with Gasteiger partial charge in [0.25, 0.3) is 0 Å². The smallest absolute Gasteiger partial charge is 0.388 e. The van der Waals surface area contributed by atoms with Crippen LogP contribution < -0.4 is 0 Å². The van der Waals surface area contributed by atoms with Crippen molar-refractivity contribution in [2.75, 3.05) is 14.2 Å². The Kier molecular flexibility index (Phi) is 6.20. The second-order valence-electron chi connectivity index (χ2n) is 2.40. The monoisotopic (exact) mass is 266 g/mol. The molecule has 0 heterocycles. The van der Waals surface area contributed by atoms with Crippen LogP contribution in [0.1, 0.15) is 0 Å². The van der Waals surface area contributed by atoms with Gasteiger partial charge in [0.15, 0.2) is 0 Å². The first kappa shape index (κ1) is 17.7. The Labute approximate surface area is 84.2 Å². The minimum absolute atomic E-state index is 1.62. The molecule has 0 atom stereocenters. The summed E-state index contributed by atoms with van der Waals surface area (Å²) >= 11 is 0. The fourth-order valence-electron chi connectivity index (χ4n) is 0.326. The Hall–Kier alpha value is -0.670. The second kappa shape index (κ2) is 5.60. The van der Waals surface area contributed by atoms with E-state index < -0.39 is 24.4 Å². The SMILES string of the molecule is COC.FC(F)C(F)(F)C(F)(F)C(F)(F)F. The summed E-state index contributed by atoms with van der Waals surface area (Å²) in [5.41, 5.74) is 0. The van der Waals surface area contributed by atoms with Gasteiger partial charge in [0.1, 0.15) is 0 Å². The molecule has 0 bridgehead atoms. The Bertz CT molecular complexity index is 197. The number of alkyl halides is 9. The van der Waals surface area contributed by atoms with Crippen molar-refractivity contribution in [2.45, 2.75) is 24.4 Å². The summed E-state index contributed by atoms with van der Waals surface area (Å²) in [7, 11) is 3.25. The molecule has 0 fully saturated rings. The molecule has 0 aliphatic heterocycles. The second-order valence-corrected chi connectivity index (χ2v) is 2.40. The first-order valence-corrected chi connectivity index (χ1v) is 3.36. The highest BCUT2D eigenvalue weighted by Crippen LogP contribution is 2.48. The number of hydrogen-bond donors (Lipinski definition) is 0. The molecule has 16 heavy (non-hydrogen) atoms. The van der Waals surface area contributed by atoms with Gasteiger partial charge < -0.3 is 4.74 Å². The van der Waals surface area contributed by atoms with Gasteiger partial charge >= 0.3 is 24.4 Å². The summed E-state index contributed by atoms with van der Waals surface area (Å²) in [6.07, 6.45) is -11.8. The van der Waals surface area contributed by atoms with E-state index in [0.717, 1.165) is 0 Å². The first-order valence-electron chi connectivity index (χ1n) is 3.36.